The molecule has 8 nitrogen and oxygen atoms in total. The molecule has 38 heavy (non-hydrogen) atoms. The number of rotatable bonds is 9. The molecular weight excluding hydrogens is 500 g/mol. The number of hydrogen-bond donors (Lipinski definition) is 3. The predicted octanol–water partition coefficient (Wildman–Crippen LogP) is 3.28. The van der Waals surface area contributed by atoms with Crippen molar-refractivity contribution < 1.29 is 17.9 Å². The van der Waals surface area contributed by atoms with Crippen LogP contribution in [0.3, 0.4) is 0 Å². The molecule has 3 atom stereocenters. The molecule has 0 amide bonds. The molecule has 0 spiro atoms. The van der Waals surface area contributed by atoms with Crippen LogP contribution in [0.15, 0.2) is 24.3 Å². The third-order valence-corrected chi connectivity index (χ3v) is 9.82. The van der Waals surface area contributed by atoms with Gasteiger partial charge in [0.15, 0.2) is 0 Å². The summed E-state index contributed by atoms with van der Waals surface area (Å²) in [5, 5.41) is 2.25. The Morgan fingerprint density at radius 3 is 2.39 bits per heavy atom. The highest BCUT2D eigenvalue weighted by molar-refractivity contribution is 7.90. The van der Waals surface area contributed by atoms with Crippen LogP contribution in [0.5, 0.6) is 0 Å². The Morgan fingerprint density at radius 1 is 1.05 bits per heavy atom. The second kappa shape index (κ2) is 10.3. The average molecular weight is 541 g/mol. The first kappa shape index (κ1) is 25.9. The van der Waals surface area contributed by atoms with Gasteiger partial charge < -0.3 is 19.8 Å². The molecule has 1 aromatic carbocycles. The Bertz CT molecular complexity index is 1390. The average Bonchev–Trinajstić information content (AvgIpc) is 3.67. The van der Waals surface area contributed by atoms with E-state index in [2.05, 4.69) is 33.1 Å². The third-order valence-electron chi connectivity index (χ3n) is 8.63. The predicted molar refractivity (Wildman–Crippen MR) is 151 cm³/mol. The van der Waals surface area contributed by atoms with Crippen LogP contribution in [0.25, 0.3) is 23.4 Å². The third kappa shape index (κ3) is 5.26. The molecule has 3 fully saturated rings. The minimum Gasteiger partial charge on any atom is -0.396 e. The molecule has 2 saturated carbocycles. The zero-order chi connectivity index (χ0) is 26.4. The van der Waals surface area contributed by atoms with Gasteiger partial charge >= 0.3 is 0 Å². The standard InChI is InChI=1S/C29H40N4O4S/c1-18-16-25-26(17-27(18)37-24-12-14-36-15-13-24)33(23-4-3-5-23)29(28(25)30)21-8-10-22(11-9-21)32-38(34,35)31-19(2)20-6-7-20/h8-11,16-20,23-24,27,31-32H,3-7,12-15,30H2,1-2H3/t18?,19-,27?/m0/s1. The second-order valence-corrected chi connectivity index (χ2v) is 13.0. The van der Waals surface area contributed by atoms with Crippen molar-refractivity contribution in [2.24, 2.45) is 11.8 Å². The fourth-order valence-corrected chi connectivity index (χ4v) is 7.18. The highest BCUT2D eigenvalue weighted by atomic mass is 32.2. The van der Waals surface area contributed by atoms with Gasteiger partial charge in [0.2, 0.25) is 0 Å². The van der Waals surface area contributed by atoms with Crippen molar-refractivity contribution >= 4 is 33.7 Å². The maximum Gasteiger partial charge on any atom is 0.299 e. The molecule has 3 aliphatic carbocycles. The number of nitrogens with one attached hydrogen (secondary N) is 2. The first-order chi connectivity index (χ1) is 18.3. The molecule has 2 unspecified atom stereocenters. The van der Waals surface area contributed by atoms with Crippen molar-refractivity contribution in [2.45, 2.75) is 83.1 Å². The highest BCUT2D eigenvalue weighted by Gasteiger charge is 2.32. The molecule has 4 N–H and O–H groups in total. The molecule has 1 saturated heterocycles. The summed E-state index contributed by atoms with van der Waals surface area (Å²) < 4.78 is 45.1. The van der Waals surface area contributed by atoms with Gasteiger partial charge in [0.1, 0.15) is 0 Å². The van der Waals surface area contributed by atoms with Crippen LogP contribution in [0.2, 0.25) is 0 Å². The molecule has 1 aliphatic heterocycles. The van der Waals surface area contributed by atoms with E-state index in [4.69, 9.17) is 15.2 Å². The molecule has 0 bridgehead atoms. The molecule has 9 heteroatoms. The van der Waals surface area contributed by atoms with E-state index in [1.165, 1.54) is 6.42 Å². The summed E-state index contributed by atoms with van der Waals surface area (Å²) in [6, 6.07) is 7.92. The van der Waals surface area contributed by atoms with Gasteiger partial charge in [0, 0.05) is 53.0 Å². The summed E-state index contributed by atoms with van der Waals surface area (Å²) in [6.45, 7) is 5.64. The van der Waals surface area contributed by atoms with Crippen molar-refractivity contribution in [3.8, 4) is 11.3 Å². The van der Waals surface area contributed by atoms with Crippen LogP contribution in [0.1, 0.15) is 64.8 Å². The first-order valence-corrected chi connectivity index (χ1v) is 15.6. The number of ether oxygens (including phenoxy) is 2. The van der Waals surface area contributed by atoms with Crippen LogP contribution in [0.4, 0.5) is 11.4 Å². The van der Waals surface area contributed by atoms with Gasteiger partial charge in [-0.05, 0) is 76.0 Å². The van der Waals surface area contributed by atoms with E-state index in [9.17, 15) is 8.42 Å². The fraction of sp³-hybridized carbons (Fsp3) is 0.586. The maximum absolute atomic E-state index is 12.6. The number of aromatic nitrogens is 1. The van der Waals surface area contributed by atoms with Crippen molar-refractivity contribution in [1.29, 1.82) is 0 Å². The lowest BCUT2D eigenvalue weighted by atomic mass is 9.92. The monoisotopic (exact) mass is 540 g/mol. The van der Waals surface area contributed by atoms with Crippen molar-refractivity contribution in [1.82, 2.24) is 9.29 Å². The summed E-state index contributed by atoms with van der Waals surface area (Å²) in [7, 11) is -3.63. The summed E-state index contributed by atoms with van der Waals surface area (Å²) >= 11 is 0. The molecule has 2 aromatic rings. The number of nitrogens with zero attached hydrogens (tertiary/aromatic N) is 1. The molecule has 1 aromatic heterocycles. The van der Waals surface area contributed by atoms with E-state index >= 15 is 0 Å². The largest absolute Gasteiger partial charge is 0.396 e. The van der Waals surface area contributed by atoms with Crippen LogP contribution in [-0.2, 0) is 19.7 Å². The lowest BCUT2D eigenvalue weighted by Gasteiger charge is -2.32. The van der Waals surface area contributed by atoms with Crippen molar-refractivity contribution in [2.75, 3.05) is 23.7 Å². The summed E-state index contributed by atoms with van der Waals surface area (Å²) in [6.07, 6.45) is 12.3. The van der Waals surface area contributed by atoms with Gasteiger partial charge in [0.25, 0.3) is 10.2 Å². The maximum atomic E-state index is 12.6. The number of anilines is 2. The van der Waals surface area contributed by atoms with Gasteiger partial charge in [-0.15, -0.1) is 0 Å². The van der Waals surface area contributed by atoms with Gasteiger partial charge in [-0.1, -0.05) is 25.1 Å². The highest BCUT2D eigenvalue weighted by Crippen LogP contribution is 2.37. The zero-order valence-corrected chi connectivity index (χ0v) is 23.2. The van der Waals surface area contributed by atoms with E-state index < -0.39 is 10.2 Å². The molecule has 206 valence electrons. The van der Waals surface area contributed by atoms with E-state index in [1.807, 2.05) is 31.2 Å². The quantitative estimate of drug-likeness (QED) is 0.453. The summed E-state index contributed by atoms with van der Waals surface area (Å²) in [5.74, 6) is 0.667. The molecule has 0 radical (unpaired) electrons. The van der Waals surface area contributed by atoms with Crippen molar-refractivity contribution in [3.05, 3.63) is 34.8 Å². The summed E-state index contributed by atoms with van der Waals surface area (Å²) in [4.78, 5) is 0. The SMILES string of the molecule is CC1C=c2c(N)c(-c3ccc(NS(=O)(=O)N[C@@H](C)C4CC4)cc3)n(C3CCC3)c2=CC1OC1CCOCC1. The second-order valence-electron chi connectivity index (χ2n) is 11.5. The Labute approximate surface area is 225 Å². The topological polar surface area (TPSA) is 108 Å². The molecule has 4 aliphatic rings. The zero-order valence-electron chi connectivity index (χ0n) is 22.4. The molecule has 6 rings (SSSR count). The summed E-state index contributed by atoms with van der Waals surface area (Å²) in [5.41, 5.74) is 10.2. The normalized spacial score (nSPS) is 25.1. The minimum absolute atomic E-state index is 0.00823. The van der Waals surface area contributed by atoms with E-state index in [-0.39, 0.29) is 24.2 Å². The molecule has 2 heterocycles. The Morgan fingerprint density at radius 2 is 1.76 bits per heavy atom. The van der Waals surface area contributed by atoms with Crippen molar-refractivity contribution in [3.63, 3.8) is 0 Å². The van der Waals surface area contributed by atoms with Crippen LogP contribution in [-0.4, -0.2) is 44.4 Å². The minimum atomic E-state index is -3.63. The number of fused-ring (bicyclic) bond motifs is 1. The van der Waals surface area contributed by atoms with Gasteiger partial charge in [-0.3, -0.25) is 4.72 Å². The number of nitrogens with two attached hydrogens (primary N) is 1. The Kier molecular flexibility index (Phi) is 7.05. The fourth-order valence-electron chi connectivity index (χ4n) is 5.99. The van der Waals surface area contributed by atoms with Crippen LogP contribution < -0.4 is 25.7 Å². The smallest absolute Gasteiger partial charge is 0.299 e. The van der Waals surface area contributed by atoms with Gasteiger partial charge in [0.05, 0.1) is 23.6 Å². The number of hydrogen-bond acceptors (Lipinski definition) is 5. The number of benzene rings is 1. The number of nitrogen functional groups attached to an aromatic ring is 1. The van der Waals surface area contributed by atoms with Gasteiger partial charge in [-0.25, -0.2) is 0 Å². The Balaban J connectivity index is 1.30. The lowest BCUT2D eigenvalue weighted by Crippen LogP contribution is -2.42. The van der Waals surface area contributed by atoms with Crippen LogP contribution >= 0.6 is 0 Å². The van der Waals surface area contributed by atoms with Gasteiger partial charge in [-0.2, -0.15) is 13.1 Å². The Hall–Kier alpha value is -2.33. The first-order valence-electron chi connectivity index (χ1n) is 14.2. The molecular formula is C29H40N4O4S. The van der Waals surface area contributed by atoms with E-state index in [1.54, 1.807) is 0 Å². The van der Waals surface area contributed by atoms with E-state index in [0.29, 0.717) is 17.6 Å². The van der Waals surface area contributed by atoms with E-state index in [0.717, 1.165) is 79.3 Å². The van der Waals surface area contributed by atoms with Crippen LogP contribution in [0, 0.1) is 11.8 Å². The lowest BCUT2D eigenvalue weighted by molar-refractivity contribution is -0.0564.